The van der Waals surface area contributed by atoms with Gasteiger partial charge in [-0.25, -0.2) is 0 Å². The first-order valence-electron chi connectivity index (χ1n) is 3.96. The van der Waals surface area contributed by atoms with Crippen LogP contribution in [0.25, 0.3) is 0 Å². The van der Waals surface area contributed by atoms with Crippen LogP contribution < -0.4 is 5.11 Å². The van der Waals surface area contributed by atoms with Gasteiger partial charge < -0.3 is 14.6 Å². The number of hydrogen-bond acceptors (Lipinski definition) is 4. The maximum absolute atomic E-state index is 10.2. The number of nitrogens with zero attached hydrogens (tertiary/aromatic N) is 1. The van der Waals surface area contributed by atoms with Crippen LogP contribution in [0.15, 0.2) is 11.6 Å². The molecular formula is C9H12NO3-. The van der Waals surface area contributed by atoms with Crippen LogP contribution in [-0.2, 0) is 9.53 Å². The zero-order chi connectivity index (χ0) is 10.3. The fourth-order valence-corrected chi connectivity index (χ4v) is 0.755. The van der Waals surface area contributed by atoms with E-state index in [0.29, 0.717) is 12.8 Å². The van der Waals surface area contributed by atoms with Gasteiger partial charge in [-0.3, -0.25) is 0 Å². The van der Waals surface area contributed by atoms with E-state index in [9.17, 15) is 9.90 Å². The van der Waals surface area contributed by atoms with Crippen LogP contribution in [0, 0.1) is 11.3 Å². The van der Waals surface area contributed by atoms with Gasteiger partial charge in [0.15, 0.2) is 0 Å². The predicted octanol–water partition coefficient (Wildman–Crippen LogP) is 0.00138. The van der Waals surface area contributed by atoms with Crippen LogP contribution in [0.5, 0.6) is 0 Å². The highest BCUT2D eigenvalue weighted by Crippen LogP contribution is 2.03. The summed E-state index contributed by atoms with van der Waals surface area (Å²) in [6.07, 6.45) is 2.61. The van der Waals surface area contributed by atoms with Gasteiger partial charge in [-0.1, -0.05) is 6.08 Å². The van der Waals surface area contributed by atoms with E-state index < -0.39 is 5.97 Å². The highest BCUT2D eigenvalue weighted by molar-refractivity contribution is 5.89. The van der Waals surface area contributed by atoms with Crippen LogP contribution in [0.1, 0.15) is 19.8 Å². The molecule has 0 spiro atoms. The van der Waals surface area contributed by atoms with E-state index in [1.807, 2.05) is 6.92 Å². The van der Waals surface area contributed by atoms with Crippen molar-refractivity contribution in [2.75, 3.05) is 7.11 Å². The first-order chi connectivity index (χ1) is 6.11. The molecule has 1 unspecified atom stereocenters. The molecule has 0 amide bonds. The Kier molecular flexibility index (Phi) is 5.57. The highest BCUT2D eigenvalue weighted by atomic mass is 16.5. The smallest absolute Gasteiger partial charge is 0.101 e. The molecule has 0 aliphatic heterocycles. The quantitative estimate of drug-likeness (QED) is 0.443. The molecule has 0 rings (SSSR count). The second-order valence-electron chi connectivity index (χ2n) is 2.64. The molecule has 0 saturated carbocycles. The maximum Gasteiger partial charge on any atom is 0.101 e. The third-order valence-corrected chi connectivity index (χ3v) is 1.66. The maximum atomic E-state index is 10.2. The molecule has 0 bridgehead atoms. The van der Waals surface area contributed by atoms with Gasteiger partial charge in [-0.2, -0.15) is 5.26 Å². The summed E-state index contributed by atoms with van der Waals surface area (Å²) in [4.78, 5) is 10.2. The molecule has 4 nitrogen and oxygen atoms in total. The van der Waals surface area contributed by atoms with Gasteiger partial charge in [0.1, 0.15) is 6.07 Å². The molecule has 1 atom stereocenters. The van der Waals surface area contributed by atoms with E-state index in [0.717, 1.165) is 0 Å². The molecule has 0 aromatic rings. The monoisotopic (exact) mass is 182 g/mol. The average molecular weight is 182 g/mol. The van der Waals surface area contributed by atoms with Crippen LogP contribution in [0.2, 0.25) is 0 Å². The van der Waals surface area contributed by atoms with Crippen LogP contribution in [0.4, 0.5) is 0 Å². The summed E-state index contributed by atoms with van der Waals surface area (Å²) in [5, 5.41) is 18.6. The largest absolute Gasteiger partial charge is 0.544 e. The van der Waals surface area contributed by atoms with Crippen molar-refractivity contribution in [1.29, 1.82) is 5.26 Å². The summed E-state index contributed by atoms with van der Waals surface area (Å²) in [5.41, 5.74) is -0.316. The number of allylic oxidation sites excluding steroid dienone is 1. The Hall–Kier alpha value is -1.34. The van der Waals surface area contributed by atoms with E-state index in [-0.39, 0.29) is 11.7 Å². The first kappa shape index (κ1) is 11.7. The molecule has 0 heterocycles. The van der Waals surface area contributed by atoms with Gasteiger partial charge in [0, 0.05) is 7.11 Å². The predicted molar refractivity (Wildman–Crippen MR) is 44.4 cm³/mol. The third-order valence-electron chi connectivity index (χ3n) is 1.66. The molecule has 13 heavy (non-hydrogen) atoms. The number of carboxylic acids is 1. The second-order valence-corrected chi connectivity index (χ2v) is 2.64. The van der Waals surface area contributed by atoms with Gasteiger partial charge in [-0.15, -0.1) is 0 Å². The van der Waals surface area contributed by atoms with Crippen molar-refractivity contribution >= 4 is 5.97 Å². The summed E-state index contributed by atoms with van der Waals surface area (Å²) < 4.78 is 4.95. The standard InChI is InChI=1S/C9H13NO3/c1-7(13-2)4-3-5-8(6-10)9(11)12/h5,7H,3-4H2,1-2H3,(H,11,12)/p-1. The zero-order valence-corrected chi connectivity index (χ0v) is 7.74. The van der Waals surface area contributed by atoms with Crippen molar-refractivity contribution in [3.8, 4) is 6.07 Å². The molecule has 4 heteroatoms. The van der Waals surface area contributed by atoms with Crippen LogP contribution >= 0.6 is 0 Å². The minimum Gasteiger partial charge on any atom is -0.544 e. The topological polar surface area (TPSA) is 73.1 Å². The van der Waals surface area contributed by atoms with Crippen LogP contribution in [-0.4, -0.2) is 19.2 Å². The van der Waals surface area contributed by atoms with Gasteiger partial charge in [0.05, 0.1) is 17.6 Å². The van der Waals surface area contributed by atoms with Crippen molar-refractivity contribution in [3.63, 3.8) is 0 Å². The van der Waals surface area contributed by atoms with Gasteiger partial charge >= 0.3 is 0 Å². The lowest BCUT2D eigenvalue weighted by Crippen LogP contribution is -2.23. The number of methoxy groups -OCH3 is 1. The van der Waals surface area contributed by atoms with E-state index in [4.69, 9.17) is 10.00 Å². The molecule has 0 fully saturated rings. The summed E-state index contributed by atoms with van der Waals surface area (Å²) in [6.45, 7) is 1.87. The number of carbonyl (C=O) groups is 1. The zero-order valence-electron chi connectivity index (χ0n) is 7.74. The minimum absolute atomic E-state index is 0.0675. The normalized spacial score (nSPS) is 13.5. The SMILES string of the molecule is COC(C)CCC=C(C#N)C(=O)[O-]. The Morgan fingerprint density at radius 3 is 2.77 bits per heavy atom. The summed E-state index contributed by atoms with van der Waals surface area (Å²) in [7, 11) is 1.58. The lowest BCUT2D eigenvalue weighted by Gasteiger charge is -2.06. The van der Waals surface area contributed by atoms with Gasteiger partial charge in [0.2, 0.25) is 0 Å². The fraction of sp³-hybridized carbons (Fsp3) is 0.556. The summed E-state index contributed by atoms with van der Waals surface area (Å²) >= 11 is 0. The van der Waals surface area contributed by atoms with E-state index in [1.54, 1.807) is 13.2 Å². The molecule has 0 aliphatic carbocycles. The Labute approximate surface area is 77.4 Å². The molecule has 0 aromatic carbocycles. The van der Waals surface area contributed by atoms with Crippen molar-refractivity contribution in [3.05, 3.63) is 11.6 Å². The van der Waals surface area contributed by atoms with E-state index in [1.165, 1.54) is 6.08 Å². The van der Waals surface area contributed by atoms with E-state index in [2.05, 4.69) is 0 Å². The van der Waals surface area contributed by atoms with Gasteiger partial charge in [-0.05, 0) is 19.8 Å². The molecule has 0 radical (unpaired) electrons. The lowest BCUT2D eigenvalue weighted by molar-refractivity contribution is -0.298. The molecule has 72 valence electrons. The molecule has 0 N–H and O–H groups in total. The van der Waals surface area contributed by atoms with E-state index >= 15 is 0 Å². The van der Waals surface area contributed by atoms with Crippen molar-refractivity contribution < 1.29 is 14.6 Å². The number of nitriles is 1. The Balaban J connectivity index is 3.96. The number of ether oxygens (including phenoxy) is 1. The minimum atomic E-state index is -1.42. The number of rotatable bonds is 5. The number of carboxylic acid groups (broad SMARTS) is 1. The average Bonchev–Trinajstić information content (AvgIpc) is 2.11. The number of aliphatic carboxylic acids is 1. The molecular weight excluding hydrogens is 170 g/mol. The Morgan fingerprint density at radius 1 is 1.77 bits per heavy atom. The summed E-state index contributed by atoms with van der Waals surface area (Å²) in [6, 6.07) is 1.55. The van der Waals surface area contributed by atoms with Crippen LogP contribution in [0.3, 0.4) is 0 Å². The highest BCUT2D eigenvalue weighted by Gasteiger charge is 1.99. The Morgan fingerprint density at radius 2 is 2.38 bits per heavy atom. The van der Waals surface area contributed by atoms with Crippen molar-refractivity contribution in [2.45, 2.75) is 25.9 Å². The first-order valence-corrected chi connectivity index (χ1v) is 3.96. The Bertz CT molecular complexity index is 240. The second kappa shape index (κ2) is 6.21. The third kappa shape index (κ3) is 4.99. The van der Waals surface area contributed by atoms with Crippen molar-refractivity contribution in [2.24, 2.45) is 0 Å². The number of hydrogen-bond donors (Lipinski definition) is 0. The molecule has 0 aromatic heterocycles. The lowest BCUT2D eigenvalue weighted by atomic mass is 10.1. The van der Waals surface area contributed by atoms with Crippen molar-refractivity contribution in [1.82, 2.24) is 0 Å². The fourth-order valence-electron chi connectivity index (χ4n) is 0.755. The summed E-state index contributed by atoms with van der Waals surface area (Å²) in [5.74, 6) is -1.42. The van der Waals surface area contributed by atoms with Gasteiger partial charge in [0.25, 0.3) is 0 Å². The number of carbonyl (C=O) groups excluding carboxylic acids is 1. The molecule has 0 aliphatic rings. The molecule has 0 saturated heterocycles.